The summed E-state index contributed by atoms with van der Waals surface area (Å²) in [5.41, 5.74) is 0. The van der Waals surface area contributed by atoms with Gasteiger partial charge >= 0.3 is 0 Å². The van der Waals surface area contributed by atoms with Crippen LogP contribution in [0.4, 0.5) is 0 Å². The Morgan fingerprint density at radius 1 is 1.00 bits per heavy atom. The highest BCUT2D eigenvalue weighted by atomic mass is 16.5. The molecule has 0 bridgehead atoms. The number of nitrogens with zero attached hydrogens (tertiary/aromatic N) is 5. The topological polar surface area (TPSA) is 80.6 Å². The van der Waals surface area contributed by atoms with Crippen LogP contribution in [0, 0.1) is 11.8 Å². The fraction of sp³-hybridized carbons (Fsp3) is 0.810. The van der Waals surface area contributed by atoms with Gasteiger partial charge in [-0.3, -0.25) is 9.59 Å². The highest BCUT2D eigenvalue weighted by Gasteiger charge is 2.33. The number of hydrogen-bond acceptors (Lipinski definition) is 5. The number of likely N-dealkylation sites (tertiary alicyclic amines) is 1. The van der Waals surface area contributed by atoms with Crippen LogP contribution in [0.15, 0.2) is 0 Å². The average Bonchev–Trinajstić information content (AvgIpc) is 3.16. The van der Waals surface area contributed by atoms with Gasteiger partial charge in [0.2, 0.25) is 11.8 Å². The maximum absolute atomic E-state index is 12.8. The molecule has 1 aromatic rings. The van der Waals surface area contributed by atoms with E-state index in [1.165, 1.54) is 0 Å². The Morgan fingerprint density at radius 2 is 1.72 bits per heavy atom. The Hall–Kier alpha value is -1.96. The van der Waals surface area contributed by atoms with E-state index < -0.39 is 0 Å². The van der Waals surface area contributed by atoms with E-state index in [1.54, 1.807) is 0 Å². The van der Waals surface area contributed by atoms with E-state index in [1.807, 2.05) is 9.80 Å². The summed E-state index contributed by atoms with van der Waals surface area (Å²) in [6.07, 6.45) is 4.14. The van der Waals surface area contributed by atoms with Crippen molar-refractivity contribution in [3.63, 3.8) is 0 Å². The van der Waals surface area contributed by atoms with Gasteiger partial charge in [-0.2, -0.15) is 0 Å². The zero-order valence-electron chi connectivity index (χ0n) is 17.7. The van der Waals surface area contributed by atoms with E-state index in [9.17, 15) is 9.59 Å². The number of piperidine rings is 1. The van der Waals surface area contributed by atoms with Crippen LogP contribution in [0.25, 0.3) is 0 Å². The highest BCUT2D eigenvalue weighted by Crippen LogP contribution is 2.29. The van der Waals surface area contributed by atoms with Gasteiger partial charge in [0.15, 0.2) is 5.82 Å². The molecule has 0 unspecified atom stereocenters. The quantitative estimate of drug-likeness (QED) is 0.766. The second kappa shape index (κ2) is 8.81. The van der Waals surface area contributed by atoms with Crippen molar-refractivity contribution < 1.29 is 14.3 Å². The van der Waals surface area contributed by atoms with Gasteiger partial charge in [-0.25, -0.2) is 0 Å². The fourth-order valence-corrected chi connectivity index (χ4v) is 4.74. The third-order valence-corrected chi connectivity index (χ3v) is 6.46. The normalized spacial score (nSPS) is 21.5. The lowest BCUT2D eigenvalue weighted by atomic mass is 9.95. The molecule has 160 valence electrons. The van der Waals surface area contributed by atoms with E-state index in [0.29, 0.717) is 38.0 Å². The monoisotopic (exact) mass is 403 g/mol. The van der Waals surface area contributed by atoms with Crippen LogP contribution < -0.4 is 0 Å². The number of hydrogen-bond donors (Lipinski definition) is 0. The molecule has 8 heteroatoms. The smallest absolute Gasteiger partial charge is 0.226 e. The van der Waals surface area contributed by atoms with Crippen molar-refractivity contribution >= 4 is 11.8 Å². The zero-order valence-corrected chi connectivity index (χ0v) is 17.7. The summed E-state index contributed by atoms with van der Waals surface area (Å²) in [7, 11) is 0. The molecule has 0 aromatic carbocycles. The standard InChI is InChI=1S/C21H33N5O3/c1-15(2)13-19(27)24-7-3-16(4-8-24)20-23-22-18-14-25(9-10-26(18)20)21(28)17-5-11-29-12-6-17/h15-17H,3-14H2,1-2H3. The molecule has 0 atom stereocenters. The van der Waals surface area contributed by atoms with Crippen molar-refractivity contribution in [2.75, 3.05) is 32.8 Å². The molecule has 4 heterocycles. The van der Waals surface area contributed by atoms with Gasteiger partial charge < -0.3 is 19.1 Å². The van der Waals surface area contributed by atoms with Crippen molar-refractivity contribution in [2.45, 2.75) is 65.0 Å². The summed E-state index contributed by atoms with van der Waals surface area (Å²) in [6, 6.07) is 0. The summed E-state index contributed by atoms with van der Waals surface area (Å²) in [5.74, 6) is 3.27. The molecule has 0 saturated carbocycles. The summed E-state index contributed by atoms with van der Waals surface area (Å²) in [4.78, 5) is 29.1. The van der Waals surface area contributed by atoms with Gasteiger partial charge in [-0.1, -0.05) is 13.8 Å². The molecule has 2 amide bonds. The van der Waals surface area contributed by atoms with Gasteiger partial charge in [0.25, 0.3) is 0 Å². The van der Waals surface area contributed by atoms with Gasteiger partial charge in [-0.15, -0.1) is 10.2 Å². The summed E-state index contributed by atoms with van der Waals surface area (Å²) in [6.45, 7) is 9.17. The molecular formula is C21H33N5O3. The van der Waals surface area contributed by atoms with E-state index >= 15 is 0 Å². The number of rotatable bonds is 4. The average molecular weight is 404 g/mol. The number of carbonyl (C=O) groups is 2. The van der Waals surface area contributed by atoms with Crippen LogP contribution >= 0.6 is 0 Å². The van der Waals surface area contributed by atoms with Crippen LogP contribution in [0.1, 0.15) is 63.5 Å². The molecule has 0 radical (unpaired) electrons. The number of aromatic nitrogens is 3. The molecular weight excluding hydrogens is 370 g/mol. The maximum atomic E-state index is 12.8. The summed E-state index contributed by atoms with van der Waals surface area (Å²) < 4.78 is 7.60. The Balaban J connectivity index is 1.35. The van der Waals surface area contributed by atoms with E-state index in [0.717, 1.165) is 63.5 Å². The SMILES string of the molecule is CC(C)CC(=O)N1CCC(c2nnc3n2CCN(C(=O)C2CCOCC2)C3)CC1. The molecule has 2 fully saturated rings. The fourth-order valence-electron chi connectivity index (χ4n) is 4.74. The second-order valence-corrected chi connectivity index (χ2v) is 9.03. The van der Waals surface area contributed by atoms with Crippen molar-refractivity contribution in [3.8, 4) is 0 Å². The van der Waals surface area contributed by atoms with Crippen LogP contribution in [0.3, 0.4) is 0 Å². The van der Waals surface area contributed by atoms with E-state index in [-0.39, 0.29) is 17.7 Å². The molecule has 4 rings (SSSR count). The van der Waals surface area contributed by atoms with Gasteiger partial charge in [0, 0.05) is 57.6 Å². The molecule has 3 aliphatic heterocycles. The van der Waals surface area contributed by atoms with Crippen LogP contribution in [0.5, 0.6) is 0 Å². The molecule has 0 N–H and O–H groups in total. The second-order valence-electron chi connectivity index (χ2n) is 9.03. The van der Waals surface area contributed by atoms with E-state index in [4.69, 9.17) is 4.74 Å². The van der Waals surface area contributed by atoms with Crippen molar-refractivity contribution in [1.29, 1.82) is 0 Å². The molecule has 0 aliphatic carbocycles. The largest absolute Gasteiger partial charge is 0.381 e. The minimum absolute atomic E-state index is 0.0883. The lowest BCUT2D eigenvalue weighted by Crippen LogP contribution is -2.43. The third-order valence-electron chi connectivity index (χ3n) is 6.46. The van der Waals surface area contributed by atoms with Crippen molar-refractivity contribution in [2.24, 2.45) is 11.8 Å². The maximum Gasteiger partial charge on any atom is 0.226 e. The Bertz CT molecular complexity index is 733. The third kappa shape index (κ3) is 4.47. The summed E-state index contributed by atoms with van der Waals surface area (Å²) >= 11 is 0. The first-order chi connectivity index (χ1) is 14.0. The van der Waals surface area contributed by atoms with Gasteiger partial charge in [0.1, 0.15) is 5.82 Å². The number of carbonyl (C=O) groups excluding carboxylic acids is 2. The van der Waals surface area contributed by atoms with Crippen molar-refractivity contribution in [1.82, 2.24) is 24.6 Å². The number of ether oxygens (including phenoxy) is 1. The molecule has 3 aliphatic rings. The minimum atomic E-state index is 0.0883. The Kier molecular flexibility index (Phi) is 6.18. The summed E-state index contributed by atoms with van der Waals surface area (Å²) in [5, 5.41) is 8.91. The predicted octanol–water partition coefficient (Wildman–Crippen LogP) is 1.80. The molecule has 1 aromatic heterocycles. The van der Waals surface area contributed by atoms with Gasteiger partial charge in [0.05, 0.1) is 6.54 Å². The van der Waals surface area contributed by atoms with Gasteiger partial charge in [-0.05, 0) is 31.6 Å². The molecule has 8 nitrogen and oxygen atoms in total. The first-order valence-electron chi connectivity index (χ1n) is 11.1. The van der Waals surface area contributed by atoms with Crippen LogP contribution in [-0.2, 0) is 27.4 Å². The lowest BCUT2D eigenvalue weighted by Gasteiger charge is -2.34. The Morgan fingerprint density at radius 3 is 2.41 bits per heavy atom. The molecule has 29 heavy (non-hydrogen) atoms. The van der Waals surface area contributed by atoms with E-state index in [2.05, 4.69) is 28.6 Å². The van der Waals surface area contributed by atoms with Crippen LogP contribution in [0.2, 0.25) is 0 Å². The zero-order chi connectivity index (χ0) is 20.4. The predicted molar refractivity (Wildman–Crippen MR) is 107 cm³/mol. The van der Waals surface area contributed by atoms with Crippen LogP contribution in [-0.4, -0.2) is 69.2 Å². The van der Waals surface area contributed by atoms with Crippen molar-refractivity contribution in [3.05, 3.63) is 11.6 Å². The molecule has 0 spiro atoms. The molecule has 2 saturated heterocycles. The first kappa shape index (κ1) is 20.3. The Labute approximate surface area is 172 Å². The minimum Gasteiger partial charge on any atom is -0.381 e. The number of amides is 2. The number of fused-ring (bicyclic) bond motifs is 1. The first-order valence-corrected chi connectivity index (χ1v) is 11.1. The lowest BCUT2D eigenvalue weighted by molar-refractivity contribution is -0.140. The highest BCUT2D eigenvalue weighted by molar-refractivity contribution is 5.79.